The zero-order valence-electron chi connectivity index (χ0n) is 13.9. The van der Waals surface area contributed by atoms with Gasteiger partial charge in [0.25, 0.3) is 0 Å². The number of imidazole rings is 1. The van der Waals surface area contributed by atoms with Crippen molar-refractivity contribution in [1.82, 2.24) is 19.5 Å². The number of benzene rings is 1. The number of aromatic nitrogens is 4. The van der Waals surface area contributed by atoms with E-state index in [0.717, 1.165) is 61.0 Å². The molecule has 0 spiro atoms. The van der Waals surface area contributed by atoms with E-state index in [1.807, 2.05) is 30.6 Å². The quantitative estimate of drug-likeness (QED) is 0.733. The fourth-order valence-corrected chi connectivity index (χ4v) is 3.25. The van der Waals surface area contributed by atoms with E-state index in [1.165, 1.54) is 5.56 Å². The molecule has 1 N–H and O–H groups in total. The van der Waals surface area contributed by atoms with Crippen LogP contribution in [0.5, 0.6) is 0 Å². The van der Waals surface area contributed by atoms with Gasteiger partial charge in [0.1, 0.15) is 11.8 Å². The number of fused-ring (bicyclic) bond motifs is 1. The summed E-state index contributed by atoms with van der Waals surface area (Å²) < 4.78 is 7.76. The van der Waals surface area contributed by atoms with Gasteiger partial charge in [-0.2, -0.15) is 0 Å². The number of hydrogen-bond donors (Lipinski definition) is 1. The molecule has 1 aromatic carbocycles. The Hall–Kier alpha value is -2.18. The van der Waals surface area contributed by atoms with Crippen LogP contribution in [0, 0.1) is 0 Å². The predicted molar refractivity (Wildman–Crippen MR) is 97.9 cm³/mol. The van der Waals surface area contributed by atoms with Crippen LogP contribution >= 0.6 is 11.6 Å². The monoisotopic (exact) mass is 357 g/mol. The van der Waals surface area contributed by atoms with Gasteiger partial charge in [-0.15, -0.1) is 0 Å². The van der Waals surface area contributed by atoms with Crippen molar-refractivity contribution in [1.29, 1.82) is 0 Å². The molecule has 4 rings (SSSR count). The third-order valence-corrected chi connectivity index (χ3v) is 4.70. The highest BCUT2D eigenvalue weighted by Crippen LogP contribution is 2.20. The fourth-order valence-electron chi connectivity index (χ4n) is 3.13. The lowest BCUT2D eigenvalue weighted by Crippen LogP contribution is -2.14. The smallest absolute Gasteiger partial charge is 0.165 e. The van der Waals surface area contributed by atoms with E-state index in [0.29, 0.717) is 0 Å². The number of ether oxygens (including phenoxy) is 1. The molecule has 0 amide bonds. The molecule has 1 unspecified atom stereocenters. The van der Waals surface area contributed by atoms with Crippen molar-refractivity contribution >= 4 is 28.6 Å². The summed E-state index contributed by atoms with van der Waals surface area (Å²) in [6.07, 6.45) is 6.78. The molecule has 1 saturated heterocycles. The van der Waals surface area contributed by atoms with Gasteiger partial charge in [0.2, 0.25) is 0 Å². The van der Waals surface area contributed by atoms with Crippen LogP contribution in [0.3, 0.4) is 0 Å². The highest BCUT2D eigenvalue weighted by atomic mass is 35.5. The Morgan fingerprint density at radius 2 is 2.08 bits per heavy atom. The first-order valence-electron chi connectivity index (χ1n) is 8.55. The van der Waals surface area contributed by atoms with Gasteiger partial charge in [-0.05, 0) is 37.0 Å². The summed E-state index contributed by atoms with van der Waals surface area (Å²) in [5.41, 5.74) is 2.88. The molecule has 130 valence electrons. The maximum Gasteiger partial charge on any atom is 0.165 e. The molecule has 1 atom stereocenters. The normalized spacial score (nSPS) is 17.2. The first-order valence-corrected chi connectivity index (χ1v) is 8.93. The van der Waals surface area contributed by atoms with Crippen LogP contribution in [-0.2, 0) is 17.7 Å². The first-order chi connectivity index (χ1) is 12.3. The summed E-state index contributed by atoms with van der Waals surface area (Å²) in [5.74, 6) is 0.769. The minimum absolute atomic E-state index is 0.258. The number of hydrogen-bond acceptors (Lipinski definition) is 5. The van der Waals surface area contributed by atoms with Crippen molar-refractivity contribution in [2.75, 3.05) is 18.5 Å². The highest BCUT2D eigenvalue weighted by molar-refractivity contribution is 6.30. The fraction of sp³-hybridized carbons (Fsp3) is 0.389. The molecule has 1 fully saturated rings. The van der Waals surface area contributed by atoms with Gasteiger partial charge in [-0.3, -0.25) is 0 Å². The molecule has 1 aliphatic rings. The molecule has 0 radical (unpaired) electrons. The molecule has 7 heteroatoms. The Labute approximate surface area is 151 Å². The van der Waals surface area contributed by atoms with E-state index in [1.54, 1.807) is 6.33 Å². The van der Waals surface area contributed by atoms with Gasteiger partial charge >= 0.3 is 0 Å². The summed E-state index contributed by atoms with van der Waals surface area (Å²) in [6.45, 7) is 2.41. The molecule has 3 heterocycles. The number of anilines is 1. The van der Waals surface area contributed by atoms with Gasteiger partial charge < -0.3 is 14.6 Å². The molecule has 0 saturated carbocycles. The van der Waals surface area contributed by atoms with Crippen molar-refractivity contribution in [3.63, 3.8) is 0 Å². The Bertz CT molecular complexity index is 842. The Morgan fingerprint density at radius 1 is 1.20 bits per heavy atom. The number of nitrogens with one attached hydrogen (secondary N) is 1. The largest absolute Gasteiger partial charge is 0.376 e. The minimum atomic E-state index is 0.258. The van der Waals surface area contributed by atoms with E-state index in [-0.39, 0.29) is 6.10 Å². The number of rotatable bonds is 6. The SMILES string of the molecule is Clc1ccc(CCNc2ncnc3c2ncn3CC2CCCO2)cc1. The maximum atomic E-state index is 5.92. The lowest BCUT2D eigenvalue weighted by Gasteiger charge is -2.10. The van der Waals surface area contributed by atoms with Gasteiger partial charge in [-0.1, -0.05) is 23.7 Å². The molecule has 0 aliphatic carbocycles. The molecule has 1 aliphatic heterocycles. The molecule has 0 bridgehead atoms. The minimum Gasteiger partial charge on any atom is -0.376 e. The van der Waals surface area contributed by atoms with Gasteiger partial charge in [0.15, 0.2) is 11.5 Å². The average Bonchev–Trinajstić information content (AvgIpc) is 3.28. The van der Waals surface area contributed by atoms with E-state index >= 15 is 0 Å². The van der Waals surface area contributed by atoms with Crippen LogP contribution in [0.1, 0.15) is 18.4 Å². The lowest BCUT2D eigenvalue weighted by atomic mass is 10.1. The van der Waals surface area contributed by atoms with Gasteiger partial charge in [-0.25, -0.2) is 15.0 Å². The lowest BCUT2D eigenvalue weighted by molar-refractivity contribution is 0.0978. The number of halogens is 1. The second-order valence-electron chi connectivity index (χ2n) is 6.23. The molecular formula is C18H20ClN5O. The van der Waals surface area contributed by atoms with Crippen LogP contribution in [0.2, 0.25) is 5.02 Å². The summed E-state index contributed by atoms with van der Waals surface area (Å²) in [4.78, 5) is 13.2. The summed E-state index contributed by atoms with van der Waals surface area (Å²) in [7, 11) is 0. The van der Waals surface area contributed by atoms with Crippen LogP contribution < -0.4 is 5.32 Å². The van der Waals surface area contributed by atoms with E-state index in [9.17, 15) is 0 Å². The van der Waals surface area contributed by atoms with Crippen molar-refractivity contribution in [2.24, 2.45) is 0 Å². The predicted octanol–water partition coefficient (Wildman–Crippen LogP) is 3.31. The van der Waals surface area contributed by atoms with Gasteiger partial charge in [0, 0.05) is 18.2 Å². The number of nitrogens with zero attached hydrogens (tertiary/aromatic N) is 4. The second kappa shape index (κ2) is 7.37. The zero-order valence-corrected chi connectivity index (χ0v) is 14.6. The standard InChI is InChI=1S/C18H20ClN5O/c19-14-5-3-13(4-6-14)7-8-20-17-16-18(22-11-21-17)24(12-23-16)10-15-2-1-9-25-15/h3-6,11-12,15H,1-2,7-10H2,(H,20,21,22). The van der Waals surface area contributed by atoms with Crippen LogP contribution in [0.25, 0.3) is 11.2 Å². The Kier molecular flexibility index (Phi) is 4.81. The Morgan fingerprint density at radius 3 is 2.88 bits per heavy atom. The van der Waals surface area contributed by atoms with Crippen LogP contribution in [0.15, 0.2) is 36.9 Å². The first kappa shape index (κ1) is 16.3. The van der Waals surface area contributed by atoms with Crippen molar-refractivity contribution in [2.45, 2.75) is 31.9 Å². The molecule has 6 nitrogen and oxygen atoms in total. The molecule has 2 aromatic heterocycles. The second-order valence-corrected chi connectivity index (χ2v) is 6.67. The maximum absolute atomic E-state index is 5.92. The van der Waals surface area contributed by atoms with E-state index in [4.69, 9.17) is 16.3 Å². The third-order valence-electron chi connectivity index (χ3n) is 4.44. The summed E-state index contributed by atoms with van der Waals surface area (Å²) in [6, 6.07) is 7.89. The summed E-state index contributed by atoms with van der Waals surface area (Å²) in [5, 5.41) is 4.12. The highest BCUT2D eigenvalue weighted by Gasteiger charge is 2.18. The average molecular weight is 358 g/mol. The van der Waals surface area contributed by atoms with Crippen molar-refractivity contribution < 1.29 is 4.74 Å². The van der Waals surface area contributed by atoms with E-state index in [2.05, 4.69) is 24.8 Å². The van der Waals surface area contributed by atoms with E-state index < -0.39 is 0 Å². The molecule has 3 aromatic rings. The van der Waals surface area contributed by atoms with Crippen LogP contribution in [0.4, 0.5) is 5.82 Å². The van der Waals surface area contributed by atoms with Crippen molar-refractivity contribution in [3.05, 3.63) is 47.5 Å². The zero-order chi connectivity index (χ0) is 17.1. The van der Waals surface area contributed by atoms with Crippen LogP contribution in [-0.4, -0.2) is 38.8 Å². The van der Waals surface area contributed by atoms with Crippen molar-refractivity contribution in [3.8, 4) is 0 Å². The molecule has 25 heavy (non-hydrogen) atoms. The topological polar surface area (TPSA) is 64.9 Å². The van der Waals surface area contributed by atoms with Gasteiger partial charge in [0.05, 0.1) is 19.0 Å². The third kappa shape index (κ3) is 3.75. The molecular weight excluding hydrogens is 338 g/mol. The Balaban J connectivity index is 1.44. The summed E-state index contributed by atoms with van der Waals surface area (Å²) >= 11 is 5.92.